The predicted octanol–water partition coefficient (Wildman–Crippen LogP) is 2.39. The molecule has 0 heterocycles. The molecule has 0 aliphatic heterocycles. The van der Waals surface area contributed by atoms with Gasteiger partial charge in [-0.25, -0.2) is 0 Å². The predicted molar refractivity (Wildman–Crippen MR) is 64.4 cm³/mol. The van der Waals surface area contributed by atoms with Crippen LogP contribution in [0.4, 0.5) is 0 Å². The third-order valence-electron chi connectivity index (χ3n) is 3.23. The lowest BCUT2D eigenvalue weighted by atomic mass is 10.0. The molecule has 0 saturated heterocycles. The smallest absolute Gasteiger partial charge is 0.00207 e. The molecule has 86 valence electrons. The first-order chi connectivity index (χ1) is 6.78. The number of rotatable bonds is 9. The van der Waals surface area contributed by atoms with Crippen molar-refractivity contribution in [2.24, 2.45) is 17.6 Å². The Bertz CT molecular complexity index is 92.9. The Balaban J connectivity index is 3.35. The SMILES string of the molecule is CCC(CN)CCNCC(CC)CC. The zero-order valence-electron chi connectivity index (χ0n) is 10.2. The minimum Gasteiger partial charge on any atom is -0.330 e. The molecule has 2 heteroatoms. The molecule has 0 fully saturated rings. The second kappa shape index (κ2) is 9.47. The van der Waals surface area contributed by atoms with Crippen molar-refractivity contribution in [2.45, 2.75) is 46.5 Å². The van der Waals surface area contributed by atoms with Gasteiger partial charge in [0.25, 0.3) is 0 Å². The van der Waals surface area contributed by atoms with E-state index in [-0.39, 0.29) is 0 Å². The molecular weight excluding hydrogens is 172 g/mol. The molecule has 1 atom stereocenters. The second-order valence-electron chi connectivity index (χ2n) is 4.19. The third-order valence-corrected chi connectivity index (χ3v) is 3.23. The fourth-order valence-electron chi connectivity index (χ4n) is 1.68. The van der Waals surface area contributed by atoms with E-state index in [2.05, 4.69) is 26.1 Å². The minimum atomic E-state index is 0.712. The Morgan fingerprint density at radius 1 is 1.00 bits per heavy atom. The van der Waals surface area contributed by atoms with Crippen LogP contribution < -0.4 is 11.1 Å². The molecule has 1 unspecified atom stereocenters. The molecule has 3 N–H and O–H groups in total. The van der Waals surface area contributed by atoms with Crippen LogP contribution >= 0.6 is 0 Å². The van der Waals surface area contributed by atoms with Crippen LogP contribution in [0.5, 0.6) is 0 Å². The average Bonchev–Trinajstić information content (AvgIpc) is 2.24. The van der Waals surface area contributed by atoms with Crippen LogP contribution in [-0.2, 0) is 0 Å². The molecule has 14 heavy (non-hydrogen) atoms. The van der Waals surface area contributed by atoms with E-state index in [9.17, 15) is 0 Å². The van der Waals surface area contributed by atoms with Gasteiger partial charge in [-0.3, -0.25) is 0 Å². The molecule has 0 rings (SSSR count). The largest absolute Gasteiger partial charge is 0.330 e. The molecule has 0 aromatic carbocycles. The molecule has 0 spiro atoms. The molecule has 0 radical (unpaired) electrons. The van der Waals surface area contributed by atoms with Gasteiger partial charge < -0.3 is 11.1 Å². The van der Waals surface area contributed by atoms with Crippen molar-refractivity contribution in [2.75, 3.05) is 19.6 Å². The monoisotopic (exact) mass is 200 g/mol. The number of hydrogen-bond acceptors (Lipinski definition) is 2. The maximum absolute atomic E-state index is 5.65. The first-order valence-electron chi connectivity index (χ1n) is 6.19. The molecule has 0 bridgehead atoms. The Morgan fingerprint density at radius 2 is 1.57 bits per heavy atom. The highest BCUT2D eigenvalue weighted by Gasteiger charge is 2.04. The first kappa shape index (κ1) is 13.9. The van der Waals surface area contributed by atoms with Gasteiger partial charge in [0.2, 0.25) is 0 Å². The van der Waals surface area contributed by atoms with Gasteiger partial charge in [-0.15, -0.1) is 0 Å². The topological polar surface area (TPSA) is 38.0 Å². The van der Waals surface area contributed by atoms with Gasteiger partial charge >= 0.3 is 0 Å². The molecular formula is C12H28N2. The summed E-state index contributed by atoms with van der Waals surface area (Å²) in [7, 11) is 0. The Labute approximate surface area is 89.6 Å². The van der Waals surface area contributed by atoms with Crippen molar-refractivity contribution in [1.29, 1.82) is 0 Å². The zero-order valence-corrected chi connectivity index (χ0v) is 10.2. The van der Waals surface area contributed by atoms with Crippen LogP contribution in [0.3, 0.4) is 0 Å². The lowest BCUT2D eigenvalue weighted by molar-refractivity contribution is 0.414. The van der Waals surface area contributed by atoms with Crippen molar-refractivity contribution < 1.29 is 0 Å². The van der Waals surface area contributed by atoms with Gasteiger partial charge in [-0.1, -0.05) is 40.0 Å². The van der Waals surface area contributed by atoms with Crippen LogP contribution in [0.15, 0.2) is 0 Å². The van der Waals surface area contributed by atoms with Gasteiger partial charge in [0.15, 0.2) is 0 Å². The summed E-state index contributed by atoms with van der Waals surface area (Å²) in [6.45, 7) is 9.90. The van der Waals surface area contributed by atoms with Crippen LogP contribution in [0, 0.1) is 11.8 Å². The highest BCUT2D eigenvalue weighted by Crippen LogP contribution is 2.07. The highest BCUT2D eigenvalue weighted by molar-refractivity contribution is 4.62. The molecule has 0 amide bonds. The van der Waals surface area contributed by atoms with Crippen LogP contribution in [0.25, 0.3) is 0 Å². The first-order valence-corrected chi connectivity index (χ1v) is 6.19. The lowest BCUT2D eigenvalue weighted by Gasteiger charge is -2.15. The summed E-state index contributed by atoms with van der Waals surface area (Å²) in [5, 5.41) is 3.53. The summed E-state index contributed by atoms with van der Waals surface area (Å²) < 4.78 is 0. The van der Waals surface area contributed by atoms with Crippen molar-refractivity contribution in [3.63, 3.8) is 0 Å². The second-order valence-corrected chi connectivity index (χ2v) is 4.19. The number of hydrogen-bond donors (Lipinski definition) is 2. The minimum absolute atomic E-state index is 0.712. The number of nitrogens with two attached hydrogens (primary N) is 1. The van der Waals surface area contributed by atoms with Crippen LogP contribution in [0.1, 0.15) is 46.5 Å². The third kappa shape index (κ3) is 6.39. The van der Waals surface area contributed by atoms with E-state index < -0.39 is 0 Å². The van der Waals surface area contributed by atoms with E-state index >= 15 is 0 Å². The van der Waals surface area contributed by atoms with Crippen molar-refractivity contribution >= 4 is 0 Å². The molecule has 2 nitrogen and oxygen atoms in total. The zero-order chi connectivity index (χ0) is 10.8. The summed E-state index contributed by atoms with van der Waals surface area (Å²) in [5.41, 5.74) is 5.65. The highest BCUT2D eigenvalue weighted by atomic mass is 14.9. The fourth-order valence-corrected chi connectivity index (χ4v) is 1.68. The molecule has 0 aromatic heterocycles. The summed E-state index contributed by atoms with van der Waals surface area (Å²) >= 11 is 0. The summed E-state index contributed by atoms with van der Waals surface area (Å²) in [4.78, 5) is 0. The molecule has 0 aliphatic carbocycles. The average molecular weight is 200 g/mol. The summed E-state index contributed by atoms with van der Waals surface area (Å²) in [6, 6.07) is 0. The van der Waals surface area contributed by atoms with E-state index in [1.54, 1.807) is 0 Å². The standard InChI is InChI=1S/C12H28N2/c1-4-11(5-2)10-14-8-7-12(6-3)9-13/h11-12,14H,4-10,13H2,1-3H3. The van der Waals surface area contributed by atoms with Gasteiger partial charge in [0, 0.05) is 0 Å². The Hall–Kier alpha value is -0.0800. The summed E-state index contributed by atoms with van der Waals surface area (Å²) in [5.74, 6) is 1.57. The Morgan fingerprint density at radius 3 is 2.00 bits per heavy atom. The molecule has 0 aromatic rings. The Kier molecular flexibility index (Phi) is 9.42. The van der Waals surface area contributed by atoms with Crippen molar-refractivity contribution in [3.05, 3.63) is 0 Å². The fraction of sp³-hybridized carbons (Fsp3) is 1.00. The van der Waals surface area contributed by atoms with Gasteiger partial charge in [0.05, 0.1) is 0 Å². The van der Waals surface area contributed by atoms with E-state index in [4.69, 9.17) is 5.73 Å². The number of nitrogens with one attached hydrogen (secondary N) is 1. The van der Waals surface area contributed by atoms with E-state index in [1.165, 1.54) is 32.2 Å². The maximum atomic E-state index is 5.65. The lowest BCUT2D eigenvalue weighted by Crippen LogP contribution is -2.26. The summed E-state index contributed by atoms with van der Waals surface area (Å²) in [6.07, 6.45) is 5.02. The molecule has 0 saturated carbocycles. The van der Waals surface area contributed by atoms with Crippen LogP contribution in [-0.4, -0.2) is 19.6 Å². The molecule has 0 aliphatic rings. The van der Waals surface area contributed by atoms with E-state index in [1.807, 2.05) is 0 Å². The normalized spacial score (nSPS) is 13.5. The van der Waals surface area contributed by atoms with Gasteiger partial charge in [-0.05, 0) is 37.9 Å². The van der Waals surface area contributed by atoms with Crippen LogP contribution in [0.2, 0.25) is 0 Å². The van der Waals surface area contributed by atoms with Gasteiger partial charge in [-0.2, -0.15) is 0 Å². The van der Waals surface area contributed by atoms with Gasteiger partial charge in [0.1, 0.15) is 0 Å². The quantitative estimate of drug-likeness (QED) is 0.561. The van der Waals surface area contributed by atoms with E-state index in [0.717, 1.165) is 19.0 Å². The van der Waals surface area contributed by atoms with Crippen molar-refractivity contribution in [1.82, 2.24) is 5.32 Å². The maximum Gasteiger partial charge on any atom is -0.00207 e. The van der Waals surface area contributed by atoms with E-state index in [0.29, 0.717) is 5.92 Å². The van der Waals surface area contributed by atoms with Crippen molar-refractivity contribution in [3.8, 4) is 0 Å².